The number of hydrogen-bond acceptors (Lipinski definition) is 10. The number of benzene rings is 2. The topological polar surface area (TPSA) is 142 Å². The quantitative estimate of drug-likeness (QED) is 0.236. The standard InChI is InChI=1S/C37H38FN9O4/c1-50-32-7-9-40-22-29(32)27-19-26(25-4-3-11-46(23-25)34(48)8-12-47-13-10-41-43-47)35(38)36-28(27)20-30(42-36)37(49)45-16-14-44(15-17-45)31-6-5-24(21-39)18-33(31)51-2/h4-7,9-10,13,18-20,22,41-43H,3,8,11-12,14-17,23H2,1-2H3. The van der Waals surface area contributed by atoms with E-state index < -0.39 is 5.82 Å². The molecule has 13 nitrogen and oxygen atoms in total. The number of halogens is 1. The fraction of sp³-hybridized carbons (Fsp3) is 0.297. The molecule has 5 heterocycles. The predicted molar refractivity (Wildman–Crippen MR) is 190 cm³/mol. The Hall–Kier alpha value is -6.07. The van der Waals surface area contributed by atoms with Gasteiger partial charge in [-0.05, 0) is 47.9 Å². The van der Waals surface area contributed by atoms with Crippen LogP contribution in [0.1, 0.15) is 34.5 Å². The molecule has 51 heavy (non-hydrogen) atoms. The van der Waals surface area contributed by atoms with E-state index in [4.69, 9.17) is 9.47 Å². The largest absolute Gasteiger partial charge is 0.496 e. The van der Waals surface area contributed by atoms with Crippen LogP contribution in [0.5, 0.6) is 11.5 Å². The third-order valence-electron chi connectivity index (χ3n) is 9.55. The Morgan fingerprint density at radius 3 is 2.55 bits per heavy atom. The van der Waals surface area contributed by atoms with Gasteiger partial charge in [-0.15, -0.1) is 5.53 Å². The van der Waals surface area contributed by atoms with Gasteiger partial charge in [0, 0.05) is 99.6 Å². The molecule has 2 aromatic carbocycles. The molecule has 0 saturated carbocycles. The number of carbonyl (C=O) groups excluding carboxylic acids is 2. The number of nitriles is 1. The Bertz CT molecular complexity index is 2080. The first kappa shape index (κ1) is 33.4. The average Bonchev–Trinajstić information content (AvgIpc) is 3.88. The summed E-state index contributed by atoms with van der Waals surface area (Å²) < 4.78 is 27.9. The number of aromatic amines is 1. The Kier molecular flexibility index (Phi) is 9.45. The van der Waals surface area contributed by atoms with E-state index in [1.54, 1.807) is 78.0 Å². The van der Waals surface area contributed by atoms with Crippen LogP contribution in [-0.2, 0) is 4.79 Å². The van der Waals surface area contributed by atoms with Crippen LogP contribution >= 0.6 is 0 Å². The van der Waals surface area contributed by atoms with Gasteiger partial charge < -0.3 is 34.6 Å². The molecule has 0 unspecified atom stereocenters. The maximum absolute atomic E-state index is 16.7. The maximum atomic E-state index is 16.7. The second-order valence-electron chi connectivity index (χ2n) is 12.5. The van der Waals surface area contributed by atoms with Gasteiger partial charge in [0.05, 0.1) is 37.1 Å². The van der Waals surface area contributed by atoms with Crippen molar-refractivity contribution >= 4 is 34.0 Å². The molecular weight excluding hydrogens is 653 g/mol. The van der Waals surface area contributed by atoms with E-state index >= 15 is 4.39 Å². The molecule has 1 fully saturated rings. The van der Waals surface area contributed by atoms with Crippen molar-refractivity contribution in [2.24, 2.45) is 0 Å². The number of hydrazine groups is 2. The number of piperazine rings is 1. The summed E-state index contributed by atoms with van der Waals surface area (Å²) in [5.74, 6) is 0.397. The number of pyridine rings is 1. The first-order valence-corrected chi connectivity index (χ1v) is 16.8. The summed E-state index contributed by atoms with van der Waals surface area (Å²) >= 11 is 0. The van der Waals surface area contributed by atoms with E-state index in [9.17, 15) is 14.9 Å². The maximum Gasteiger partial charge on any atom is 0.270 e. The molecule has 0 aliphatic carbocycles. The molecular formula is C37H38FN9O4. The summed E-state index contributed by atoms with van der Waals surface area (Å²) in [6, 6.07) is 12.7. The van der Waals surface area contributed by atoms with Crippen LogP contribution < -0.4 is 25.3 Å². The molecule has 7 rings (SSSR count). The summed E-state index contributed by atoms with van der Waals surface area (Å²) in [7, 11) is 3.14. The van der Waals surface area contributed by atoms with Gasteiger partial charge >= 0.3 is 0 Å². The SMILES string of the molecule is COc1ccncc1-c1cc(C2=CCCN(C(=O)CCN3C=CNN3)C2)c(F)c2[nH]c(C(=O)N3CCN(c4ccc(C#N)cc4OC)CC3)cc12. The average molecular weight is 692 g/mol. The fourth-order valence-corrected chi connectivity index (χ4v) is 6.86. The minimum absolute atomic E-state index is 0.0242. The molecule has 2 aromatic heterocycles. The van der Waals surface area contributed by atoms with Gasteiger partial charge in [-0.3, -0.25) is 19.6 Å². The molecule has 262 valence electrons. The highest BCUT2D eigenvalue weighted by atomic mass is 19.1. The van der Waals surface area contributed by atoms with Crippen molar-refractivity contribution in [3.05, 3.63) is 89.9 Å². The molecule has 0 spiro atoms. The lowest BCUT2D eigenvalue weighted by atomic mass is 9.93. The van der Waals surface area contributed by atoms with E-state index in [0.29, 0.717) is 96.8 Å². The van der Waals surface area contributed by atoms with Crippen LogP contribution in [-0.4, -0.2) is 96.6 Å². The molecule has 3 N–H and O–H groups in total. The van der Waals surface area contributed by atoms with E-state index in [2.05, 4.69) is 31.9 Å². The van der Waals surface area contributed by atoms with E-state index in [1.165, 1.54) is 0 Å². The van der Waals surface area contributed by atoms with Crippen molar-refractivity contribution in [2.75, 3.05) is 64.9 Å². The van der Waals surface area contributed by atoms with Gasteiger partial charge in [0.1, 0.15) is 17.2 Å². The smallest absolute Gasteiger partial charge is 0.270 e. The second-order valence-corrected chi connectivity index (χ2v) is 12.5. The summed E-state index contributed by atoms with van der Waals surface area (Å²) in [5.41, 5.74) is 9.96. The van der Waals surface area contributed by atoms with Gasteiger partial charge in [-0.2, -0.15) is 5.26 Å². The predicted octanol–water partition coefficient (Wildman–Crippen LogP) is 4.02. The number of nitrogens with zero attached hydrogens (tertiary/aromatic N) is 6. The zero-order valence-electron chi connectivity index (χ0n) is 28.4. The number of rotatable bonds is 9. The second kappa shape index (κ2) is 14.4. The third-order valence-corrected chi connectivity index (χ3v) is 9.55. The van der Waals surface area contributed by atoms with Crippen molar-refractivity contribution in [3.63, 3.8) is 0 Å². The lowest BCUT2D eigenvalue weighted by Gasteiger charge is -2.36. The highest BCUT2D eigenvalue weighted by molar-refractivity contribution is 6.05. The number of nitrogens with one attached hydrogen (secondary N) is 3. The first-order valence-electron chi connectivity index (χ1n) is 16.8. The van der Waals surface area contributed by atoms with Crippen LogP contribution in [0.15, 0.2) is 67.3 Å². The summed E-state index contributed by atoms with van der Waals surface area (Å²) in [6.07, 6.45) is 9.71. The van der Waals surface area contributed by atoms with Crippen molar-refractivity contribution in [1.29, 1.82) is 5.26 Å². The number of fused-ring (bicyclic) bond motifs is 1. The molecule has 3 aliphatic rings. The van der Waals surface area contributed by atoms with Gasteiger partial charge in [-0.1, -0.05) is 6.08 Å². The van der Waals surface area contributed by atoms with E-state index in [-0.39, 0.29) is 29.6 Å². The summed E-state index contributed by atoms with van der Waals surface area (Å²) in [6.45, 7) is 3.27. The third kappa shape index (κ3) is 6.63. The highest BCUT2D eigenvalue weighted by Gasteiger charge is 2.29. The van der Waals surface area contributed by atoms with Crippen molar-refractivity contribution in [2.45, 2.75) is 12.8 Å². The normalized spacial score (nSPS) is 15.8. The Morgan fingerprint density at radius 1 is 0.980 bits per heavy atom. The van der Waals surface area contributed by atoms with Gasteiger partial charge in [0.25, 0.3) is 5.91 Å². The van der Waals surface area contributed by atoms with Crippen molar-refractivity contribution in [1.82, 2.24) is 35.7 Å². The lowest BCUT2D eigenvalue weighted by Crippen LogP contribution is -2.49. The lowest BCUT2D eigenvalue weighted by molar-refractivity contribution is -0.131. The minimum atomic E-state index is -0.494. The highest BCUT2D eigenvalue weighted by Crippen LogP contribution is 2.40. The molecule has 2 amide bonds. The number of hydrogen-bond donors (Lipinski definition) is 3. The van der Waals surface area contributed by atoms with Crippen LogP contribution in [0, 0.1) is 17.1 Å². The number of ether oxygens (including phenoxy) is 2. The Labute approximate surface area is 294 Å². The Balaban J connectivity index is 1.17. The van der Waals surface area contributed by atoms with Gasteiger partial charge in [0.2, 0.25) is 5.91 Å². The number of anilines is 1. The first-order chi connectivity index (χ1) is 24.9. The fourth-order valence-electron chi connectivity index (χ4n) is 6.86. The zero-order valence-corrected chi connectivity index (χ0v) is 28.4. The summed E-state index contributed by atoms with van der Waals surface area (Å²) in [4.78, 5) is 40.2. The molecule has 0 bridgehead atoms. The molecule has 1 saturated heterocycles. The zero-order chi connectivity index (χ0) is 35.5. The number of amides is 2. The van der Waals surface area contributed by atoms with Gasteiger partial charge in [-0.25, -0.2) is 4.39 Å². The number of H-pyrrole nitrogens is 1. The van der Waals surface area contributed by atoms with E-state index in [0.717, 1.165) is 5.69 Å². The van der Waals surface area contributed by atoms with Crippen molar-refractivity contribution in [3.8, 4) is 28.7 Å². The molecule has 0 radical (unpaired) electrons. The number of aromatic nitrogens is 2. The van der Waals surface area contributed by atoms with Gasteiger partial charge in [0.15, 0.2) is 5.82 Å². The van der Waals surface area contributed by atoms with Crippen LogP contribution in [0.4, 0.5) is 10.1 Å². The molecule has 4 aromatic rings. The van der Waals surface area contributed by atoms with Crippen LogP contribution in [0.3, 0.4) is 0 Å². The molecule has 3 aliphatic heterocycles. The van der Waals surface area contributed by atoms with E-state index in [1.807, 2.05) is 18.3 Å². The summed E-state index contributed by atoms with van der Waals surface area (Å²) in [5, 5.41) is 11.6. The molecule has 0 atom stereocenters. The molecule has 14 heteroatoms. The Morgan fingerprint density at radius 2 is 1.80 bits per heavy atom. The van der Waals surface area contributed by atoms with Crippen LogP contribution in [0.2, 0.25) is 0 Å². The van der Waals surface area contributed by atoms with Crippen molar-refractivity contribution < 1.29 is 23.5 Å². The number of carbonyl (C=O) groups is 2. The minimum Gasteiger partial charge on any atom is -0.496 e. The monoisotopic (exact) mass is 691 g/mol. The number of methoxy groups -OCH3 is 2. The van der Waals surface area contributed by atoms with Crippen LogP contribution in [0.25, 0.3) is 27.6 Å².